The fourth-order valence-corrected chi connectivity index (χ4v) is 4.57. The summed E-state index contributed by atoms with van der Waals surface area (Å²) in [5, 5.41) is 21.3. The second-order valence-electron chi connectivity index (χ2n) is 6.02. The van der Waals surface area contributed by atoms with Crippen molar-refractivity contribution >= 4 is 23.6 Å². The molecule has 122 valence electrons. The summed E-state index contributed by atoms with van der Waals surface area (Å²) in [6.07, 6.45) is -0.782. The fraction of sp³-hybridized carbons (Fsp3) is 0.412. The Kier molecular flexibility index (Phi) is 6.20. The van der Waals surface area contributed by atoms with E-state index >= 15 is 0 Å². The Morgan fingerprint density at radius 1 is 1.38 bits per heavy atom. The quantitative estimate of drug-likeness (QED) is 0.363. The third kappa shape index (κ3) is 3.18. The van der Waals surface area contributed by atoms with Gasteiger partial charge in [0.25, 0.3) is 0 Å². The molecular weight excluding hydrogens is 337 g/mol. The number of thioether (sulfide) groups is 1. The standard InChI is InChI=1S/C17H19NO4S.Na/c1-9-12(8-23-11-6-4-3-5-7-11)15(17(21)22)18-14(9)13(10(2)19)16(18)20;/h3-7,9-10,13-14,19H,8H2,1-2H3,(H,21,22);/q;+1/p-1/t9-,10+,13+,14+;/m0./s1. The summed E-state index contributed by atoms with van der Waals surface area (Å²) in [7, 11) is 0. The summed E-state index contributed by atoms with van der Waals surface area (Å²) < 4.78 is 0. The Morgan fingerprint density at radius 3 is 2.54 bits per heavy atom. The molecule has 1 aromatic carbocycles. The van der Waals surface area contributed by atoms with Gasteiger partial charge in [-0.05, 0) is 24.6 Å². The third-order valence-corrected chi connectivity index (χ3v) is 5.71. The van der Waals surface area contributed by atoms with Crippen LogP contribution in [0.4, 0.5) is 0 Å². The van der Waals surface area contributed by atoms with Crippen LogP contribution in [-0.4, -0.2) is 39.8 Å². The molecule has 4 atom stereocenters. The molecule has 2 heterocycles. The molecule has 0 unspecified atom stereocenters. The summed E-state index contributed by atoms with van der Waals surface area (Å²) >= 11 is 1.54. The van der Waals surface area contributed by atoms with Crippen molar-refractivity contribution in [3.05, 3.63) is 41.6 Å². The van der Waals surface area contributed by atoms with Crippen LogP contribution in [0.15, 0.2) is 46.5 Å². The summed E-state index contributed by atoms with van der Waals surface area (Å²) in [6.45, 7) is 3.48. The fourth-order valence-electron chi connectivity index (χ4n) is 3.50. The van der Waals surface area contributed by atoms with Gasteiger partial charge in [0.05, 0.1) is 29.7 Å². The minimum atomic E-state index is -1.32. The first-order chi connectivity index (χ1) is 10.9. The van der Waals surface area contributed by atoms with Crippen LogP contribution in [0.2, 0.25) is 0 Å². The molecule has 1 fully saturated rings. The zero-order chi connectivity index (χ0) is 16.7. The molecule has 0 radical (unpaired) electrons. The molecule has 5 nitrogen and oxygen atoms in total. The van der Waals surface area contributed by atoms with Gasteiger partial charge in [0.1, 0.15) is 0 Å². The van der Waals surface area contributed by atoms with Crippen molar-refractivity contribution in [2.24, 2.45) is 11.8 Å². The van der Waals surface area contributed by atoms with Gasteiger partial charge in [-0.3, -0.25) is 4.79 Å². The predicted molar refractivity (Wildman–Crippen MR) is 84.2 cm³/mol. The van der Waals surface area contributed by atoms with E-state index in [1.54, 1.807) is 6.92 Å². The number of carbonyl (C=O) groups is 2. The van der Waals surface area contributed by atoms with E-state index in [0.717, 1.165) is 4.90 Å². The van der Waals surface area contributed by atoms with Crippen molar-refractivity contribution in [3.63, 3.8) is 0 Å². The number of aliphatic hydroxyl groups is 1. The van der Waals surface area contributed by atoms with Gasteiger partial charge in [0.15, 0.2) is 0 Å². The molecule has 0 bridgehead atoms. The van der Waals surface area contributed by atoms with Crippen molar-refractivity contribution in [1.29, 1.82) is 0 Å². The molecule has 7 heteroatoms. The van der Waals surface area contributed by atoms with E-state index in [1.165, 1.54) is 16.7 Å². The number of benzene rings is 1. The van der Waals surface area contributed by atoms with Crippen LogP contribution in [0.3, 0.4) is 0 Å². The van der Waals surface area contributed by atoms with Gasteiger partial charge in [-0.25, -0.2) is 0 Å². The van der Waals surface area contributed by atoms with E-state index in [2.05, 4.69) is 0 Å². The number of nitrogens with zero attached hydrogens (tertiary/aromatic N) is 1. The molecule has 0 spiro atoms. The molecule has 0 aliphatic carbocycles. The maximum Gasteiger partial charge on any atom is 1.00 e. The molecule has 2 aliphatic rings. The van der Waals surface area contributed by atoms with E-state index in [0.29, 0.717) is 11.3 Å². The Morgan fingerprint density at radius 2 is 2.00 bits per heavy atom. The van der Waals surface area contributed by atoms with E-state index in [9.17, 15) is 19.8 Å². The maximum atomic E-state index is 12.2. The van der Waals surface area contributed by atoms with E-state index in [1.807, 2.05) is 37.3 Å². The van der Waals surface area contributed by atoms with Crippen LogP contribution in [-0.2, 0) is 9.59 Å². The molecule has 3 rings (SSSR count). The first-order valence-corrected chi connectivity index (χ1v) is 8.55. The number of fused-ring (bicyclic) bond motifs is 1. The normalized spacial score (nSPS) is 26.5. The number of hydrogen-bond donors (Lipinski definition) is 1. The average molecular weight is 355 g/mol. The van der Waals surface area contributed by atoms with Crippen LogP contribution in [0.25, 0.3) is 0 Å². The van der Waals surface area contributed by atoms with Gasteiger partial charge >= 0.3 is 29.6 Å². The largest absolute Gasteiger partial charge is 1.00 e. The molecule has 1 amide bonds. The monoisotopic (exact) mass is 355 g/mol. The van der Waals surface area contributed by atoms with Crippen molar-refractivity contribution in [2.45, 2.75) is 30.9 Å². The average Bonchev–Trinajstić information content (AvgIpc) is 2.75. The summed E-state index contributed by atoms with van der Waals surface area (Å²) in [5.74, 6) is -1.78. The van der Waals surface area contributed by atoms with E-state index < -0.39 is 18.0 Å². The van der Waals surface area contributed by atoms with Crippen molar-refractivity contribution in [3.8, 4) is 0 Å². The zero-order valence-electron chi connectivity index (χ0n) is 13.9. The molecule has 24 heavy (non-hydrogen) atoms. The SMILES string of the molecule is C[C@@H](O)[C@H]1C(=O)N2C(C(=O)[O-])=C(CSc3ccccc3)[C@H](C)[C@H]12.[Na+]. The summed E-state index contributed by atoms with van der Waals surface area (Å²) in [5.41, 5.74) is 0.702. The molecule has 1 saturated heterocycles. The number of aliphatic carboxylic acids is 1. The van der Waals surface area contributed by atoms with Gasteiger partial charge in [0.2, 0.25) is 5.91 Å². The first kappa shape index (κ1) is 19.5. The number of amides is 1. The number of β-lactam (4-membered cyclic amide) rings is 1. The minimum absolute atomic E-state index is 0. The summed E-state index contributed by atoms with van der Waals surface area (Å²) in [4.78, 5) is 26.1. The second kappa shape index (κ2) is 7.62. The molecule has 1 aromatic rings. The van der Waals surface area contributed by atoms with Crippen LogP contribution >= 0.6 is 11.8 Å². The van der Waals surface area contributed by atoms with Gasteiger partial charge in [-0.1, -0.05) is 25.1 Å². The van der Waals surface area contributed by atoms with Gasteiger partial charge in [0, 0.05) is 16.6 Å². The molecule has 1 N–H and O–H groups in total. The number of carbonyl (C=O) groups excluding carboxylic acids is 2. The van der Waals surface area contributed by atoms with E-state index in [4.69, 9.17) is 0 Å². The smallest absolute Gasteiger partial charge is 0.543 e. The van der Waals surface area contributed by atoms with Crippen LogP contribution < -0.4 is 34.7 Å². The zero-order valence-corrected chi connectivity index (χ0v) is 16.7. The van der Waals surface area contributed by atoms with Crippen molar-refractivity contribution in [1.82, 2.24) is 4.90 Å². The Balaban J connectivity index is 0.00000208. The number of rotatable bonds is 5. The van der Waals surface area contributed by atoms with E-state index in [-0.39, 0.29) is 53.1 Å². The number of carboxylic acids is 1. The molecular formula is C17H18NNaO4S. The Hall–Kier alpha value is -0.790. The molecule has 0 saturated carbocycles. The maximum absolute atomic E-state index is 12.2. The van der Waals surface area contributed by atoms with Crippen molar-refractivity contribution < 1.29 is 49.4 Å². The molecule has 0 aromatic heterocycles. The second-order valence-corrected chi connectivity index (χ2v) is 7.07. The predicted octanol–water partition coefficient (Wildman–Crippen LogP) is -2.36. The van der Waals surface area contributed by atoms with Crippen molar-refractivity contribution in [2.75, 3.05) is 5.75 Å². The number of carboxylic acid groups (broad SMARTS) is 1. The number of hydrogen-bond acceptors (Lipinski definition) is 5. The Labute approximate surface area is 167 Å². The topological polar surface area (TPSA) is 80.7 Å². The van der Waals surface area contributed by atoms with Gasteiger partial charge in [-0.2, -0.15) is 0 Å². The summed E-state index contributed by atoms with van der Waals surface area (Å²) in [6, 6.07) is 9.42. The number of aliphatic hydroxyl groups excluding tert-OH is 1. The van der Waals surface area contributed by atoms with Gasteiger partial charge in [-0.15, -0.1) is 11.8 Å². The van der Waals surface area contributed by atoms with Gasteiger partial charge < -0.3 is 19.9 Å². The first-order valence-electron chi connectivity index (χ1n) is 7.57. The Bertz CT molecular complexity index is 676. The van der Waals surface area contributed by atoms with Crippen LogP contribution in [0.1, 0.15) is 13.8 Å². The minimum Gasteiger partial charge on any atom is -0.543 e. The van der Waals surface area contributed by atoms with Crippen LogP contribution in [0, 0.1) is 11.8 Å². The van der Waals surface area contributed by atoms with Crippen LogP contribution in [0.5, 0.6) is 0 Å². The molecule has 2 aliphatic heterocycles. The third-order valence-electron chi connectivity index (χ3n) is 4.65.